The normalized spacial score (nSPS) is 10.4. The van der Waals surface area contributed by atoms with Crippen molar-refractivity contribution < 1.29 is 0 Å². The zero-order valence-electron chi connectivity index (χ0n) is 14.8. The van der Waals surface area contributed by atoms with E-state index in [1.807, 2.05) is 24.3 Å². The molecule has 1 aromatic carbocycles. The second-order valence-corrected chi connectivity index (χ2v) is 5.80. The largest absolute Gasteiger partial charge is 0.125 e. The number of benzene rings is 1. The summed E-state index contributed by atoms with van der Waals surface area (Å²) in [6.45, 7) is 4.46. The van der Waals surface area contributed by atoms with Crippen LogP contribution in [0.2, 0.25) is 0 Å². The summed E-state index contributed by atoms with van der Waals surface area (Å²) in [7, 11) is 0. The Hall–Kier alpha value is -1.96. The van der Waals surface area contributed by atoms with Crippen molar-refractivity contribution in [1.82, 2.24) is 0 Å². The highest BCUT2D eigenvalue weighted by Crippen LogP contribution is 2.07. The monoisotopic (exact) mass is 306 g/mol. The molecule has 1 rings (SSSR count). The van der Waals surface area contributed by atoms with Crippen LogP contribution in [0.5, 0.6) is 0 Å². The third-order valence-electron chi connectivity index (χ3n) is 3.64. The average molecular weight is 306 g/mol. The first-order valence-electron chi connectivity index (χ1n) is 9.04. The van der Waals surface area contributed by atoms with E-state index >= 15 is 0 Å². The first kappa shape index (κ1) is 19.1. The van der Waals surface area contributed by atoms with Gasteiger partial charge in [-0.25, -0.2) is 0 Å². The fourth-order valence-corrected chi connectivity index (χ4v) is 2.20. The SMILES string of the molecule is CCCCCCC=C=C/C=C(\C#Cc1ccccc1)CCCC. The Bertz CT molecular complexity index is 557. The molecule has 0 atom stereocenters. The van der Waals surface area contributed by atoms with Gasteiger partial charge in [0.1, 0.15) is 0 Å². The van der Waals surface area contributed by atoms with E-state index in [0.29, 0.717) is 0 Å². The smallest absolute Gasteiger partial charge is 0.0248 e. The second kappa shape index (κ2) is 13.7. The molecule has 0 spiro atoms. The number of hydrogen-bond acceptors (Lipinski definition) is 0. The number of hydrogen-bond donors (Lipinski definition) is 0. The fraction of sp³-hybridized carbons (Fsp3) is 0.435. The van der Waals surface area contributed by atoms with Crippen LogP contribution in [0.3, 0.4) is 0 Å². The Morgan fingerprint density at radius 2 is 1.74 bits per heavy atom. The quantitative estimate of drug-likeness (QED) is 0.203. The molecular formula is C23H30. The van der Waals surface area contributed by atoms with Gasteiger partial charge in [0.2, 0.25) is 0 Å². The van der Waals surface area contributed by atoms with E-state index in [-0.39, 0.29) is 0 Å². The molecule has 0 nitrogen and oxygen atoms in total. The molecule has 0 saturated carbocycles. The highest BCUT2D eigenvalue weighted by molar-refractivity contribution is 5.41. The lowest BCUT2D eigenvalue weighted by Crippen LogP contribution is -1.80. The number of allylic oxidation sites excluding steroid dienone is 3. The topological polar surface area (TPSA) is 0 Å². The zero-order valence-corrected chi connectivity index (χ0v) is 14.8. The van der Waals surface area contributed by atoms with E-state index in [1.54, 1.807) is 0 Å². The summed E-state index contributed by atoms with van der Waals surface area (Å²) in [5.74, 6) is 6.57. The summed E-state index contributed by atoms with van der Waals surface area (Å²) in [6, 6.07) is 10.2. The molecule has 0 saturated heterocycles. The highest BCUT2D eigenvalue weighted by atomic mass is 14.0. The minimum absolute atomic E-state index is 1.05. The minimum Gasteiger partial charge on any atom is -0.125 e. The van der Waals surface area contributed by atoms with E-state index < -0.39 is 0 Å². The zero-order chi connectivity index (χ0) is 16.6. The van der Waals surface area contributed by atoms with E-state index in [9.17, 15) is 0 Å². The van der Waals surface area contributed by atoms with Gasteiger partial charge in [0.15, 0.2) is 0 Å². The van der Waals surface area contributed by atoms with Crippen molar-refractivity contribution >= 4 is 0 Å². The Morgan fingerprint density at radius 1 is 0.957 bits per heavy atom. The van der Waals surface area contributed by atoms with Crippen LogP contribution < -0.4 is 0 Å². The van der Waals surface area contributed by atoms with Gasteiger partial charge in [0.05, 0.1) is 0 Å². The van der Waals surface area contributed by atoms with Crippen molar-refractivity contribution in [2.24, 2.45) is 0 Å². The molecule has 122 valence electrons. The molecule has 0 N–H and O–H groups in total. The van der Waals surface area contributed by atoms with Gasteiger partial charge in [-0.3, -0.25) is 0 Å². The number of rotatable bonds is 9. The van der Waals surface area contributed by atoms with Gasteiger partial charge in [-0.2, -0.15) is 0 Å². The Kier molecular flexibility index (Phi) is 11.4. The lowest BCUT2D eigenvalue weighted by molar-refractivity contribution is 0.675. The summed E-state index contributed by atoms with van der Waals surface area (Å²) in [5.41, 5.74) is 5.54. The predicted octanol–water partition coefficient (Wildman–Crippen LogP) is 6.84. The van der Waals surface area contributed by atoms with E-state index in [0.717, 1.165) is 18.4 Å². The van der Waals surface area contributed by atoms with Crippen molar-refractivity contribution in [1.29, 1.82) is 0 Å². The average Bonchev–Trinajstić information content (AvgIpc) is 2.59. The van der Waals surface area contributed by atoms with Crippen LogP contribution in [0.4, 0.5) is 0 Å². The lowest BCUT2D eigenvalue weighted by atomic mass is 10.1. The van der Waals surface area contributed by atoms with Crippen LogP contribution in [0, 0.1) is 11.8 Å². The molecule has 0 heteroatoms. The molecule has 0 fully saturated rings. The third kappa shape index (κ3) is 10.4. The van der Waals surface area contributed by atoms with E-state index in [4.69, 9.17) is 0 Å². The second-order valence-electron chi connectivity index (χ2n) is 5.80. The van der Waals surface area contributed by atoms with Crippen molar-refractivity contribution in [2.45, 2.75) is 65.2 Å². The molecule has 0 heterocycles. The maximum absolute atomic E-state index is 3.32. The molecule has 0 amide bonds. The molecule has 0 aromatic heterocycles. The van der Waals surface area contributed by atoms with Gasteiger partial charge < -0.3 is 0 Å². The molecule has 0 radical (unpaired) electrons. The summed E-state index contributed by atoms with van der Waals surface area (Å²) in [4.78, 5) is 0. The van der Waals surface area contributed by atoms with Gasteiger partial charge in [-0.15, -0.1) is 5.73 Å². The summed E-state index contributed by atoms with van der Waals surface area (Å²) < 4.78 is 0. The van der Waals surface area contributed by atoms with E-state index in [1.165, 1.54) is 44.1 Å². The standard InChI is InChI=1S/C23H30/c1-3-5-7-8-9-10-11-13-17-22(16-6-4-2)20-21-23-18-14-12-15-19-23/h10,12-15,17-19H,3-9,16H2,1-2H3/b22-17-. The number of unbranched alkanes of at least 4 members (excludes halogenated alkanes) is 5. The Balaban J connectivity index is 2.59. The highest BCUT2D eigenvalue weighted by Gasteiger charge is 1.91. The van der Waals surface area contributed by atoms with Crippen LogP contribution in [0.25, 0.3) is 0 Å². The summed E-state index contributed by atoms with van der Waals surface area (Å²) in [6.07, 6.45) is 16.1. The van der Waals surface area contributed by atoms with Crippen LogP contribution in [-0.4, -0.2) is 0 Å². The molecular weight excluding hydrogens is 276 g/mol. The summed E-state index contributed by atoms with van der Waals surface area (Å²) in [5, 5.41) is 0. The molecule has 0 unspecified atom stereocenters. The molecule has 0 aliphatic carbocycles. The maximum Gasteiger partial charge on any atom is 0.0248 e. The molecule has 0 aliphatic heterocycles. The minimum atomic E-state index is 1.05. The Labute approximate surface area is 143 Å². The van der Waals surface area contributed by atoms with Gasteiger partial charge in [0, 0.05) is 11.1 Å². The first-order valence-corrected chi connectivity index (χ1v) is 9.04. The lowest BCUT2D eigenvalue weighted by Gasteiger charge is -1.96. The maximum atomic E-state index is 3.32. The molecule has 0 bridgehead atoms. The molecule has 0 aliphatic rings. The Morgan fingerprint density at radius 3 is 2.48 bits per heavy atom. The van der Waals surface area contributed by atoms with Crippen LogP contribution in [-0.2, 0) is 0 Å². The van der Waals surface area contributed by atoms with Gasteiger partial charge in [-0.1, -0.05) is 69.6 Å². The van der Waals surface area contributed by atoms with Crippen LogP contribution >= 0.6 is 0 Å². The van der Waals surface area contributed by atoms with E-state index in [2.05, 4.69) is 55.7 Å². The molecule has 1 aromatic rings. The van der Waals surface area contributed by atoms with Gasteiger partial charge in [-0.05, 0) is 56.0 Å². The van der Waals surface area contributed by atoms with Gasteiger partial charge in [0.25, 0.3) is 0 Å². The summed E-state index contributed by atoms with van der Waals surface area (Å²) >= 11 is 0. The van der Waals surface area contributed by atoms with Crippen LogP contribution in [0.1, 0.15) is 70.8 Å². The fourth-order valence-electron chi connectivity index (χ4n) is 2.20. The van der Waals surface area contributed by atoms with Crippen molar-refractivity contribution in [3.63, 3.8) is 0 Å². The van der Waals surface area contributed by atoms with Gasteiger partial charge >= 0.3 is 0 Å². The molecule has 23 heavy (non-hydrogen) atoms. The first-order chi connectivity index (χ1) is 11.4. The third-order valence-corrected chi connectivity index (χ3v) is 3.64. The van der Waals surface area contributed by atoms with Crippen molar-refractivity contribution in [2.75, 3.05) is 0 Å². The van der Waals surface area contributed by atoms with Crippen molar-refractivity contribution in [3.05, 3.63) is 65.4 Å². The van der Waals surface area contributed by atoms with Crippen LogP contribution in [0.15, 0.2) is 59.9 Å². The van der Waals surface area contributed by atoms with Crippen molar-refractivity contribution in [3.8, 4) is 11.8 Å². The predicted molar refractivity (Wildman–Crippen MR) is 102 cm³/mol.